The van der Waals surface area contributed by atoms with Crippen molar-refractivity contribution in [3.8, 4) is 0 Å². The zero-order valence-corrected chi connectivity index (χ0v) is 12.2. The first-order valence-electron chi connectivity index (χ1n) is 6.23. The molecule has 0 saturated heterocycles. The van der Waals surface area contributed by atoms with Gasteiger partial charge in [0.05, 0.1) is 6.10 Å². The van der Waals surface area contributed by atoms with Gasteiger partial charge in [0.1, 0.15) is 0 Å². The maximum atomic E-state index is 9.90. The second kappa shape index (κ2) is 7.14. The molecule has 0 aliphatic carbocycles. The fourth-order valence-electron chi connectivity index (χ4n) is 1.85. The summed E-state index contributed by atoms with van der Waals surface area (Å²) < 4.78 is 1.13. The maximum Gasteiger partial charge on any atom is 0.0694 e. The molecule has 17 heavy (non-hydrogen) atoms. The monoisotopic (exact) mass is 299 g/mol. The number of rotatable bonds is 6. The van der Waals surface area contributed by atoms with Crippen LogP contribution in [-0.2, 0) is 6.42 Å². The van der Waals surface area contributed by atoms with Gasteiger partial charge in [-0.2, -0.15) is 0 Å². The zero-order valence-electron chi connectivity index (χ0n) is 10.6. The topological polar surface area (TPSA) is 46.2 Å². The average molecular weight is 300 g/mol. The van der Waals surface area contributed by atoms with E-state index >= 15 is 0 Å². The minimum absolute atomic E-state index is 0.0890. The maximum absolute atomic E-state index is 9.90. The molecular weight excluding hydrogens is 278 g/mol. The SMILES string of the molecule is CCCC(N)C(O)CCc1ccc(C)c(Br)c1. The predicted octanol–water partition coefficient (Wildman–Crippen LogP) is 3.18. The lowest BCUT2D eigenvalue weighted by molar-refractivity contribution is 0.131. The molecule has 0 fully saturated rings. The first kappa shape index (κ1) is 14.7. The summed E-state index contributed by atoms with van der Waals surface area (Å²) in [5.74, 6) is 0. The van der Waals surface area contributed by atoms with E-state index in [1.807, 2.05) is 0 Å². The molecule has 0 amide bonds. The van der Waals surface area contributed by atoms with Gasteiger partial charge in [0.2, 0.25) is 0 Å². The van der Waals surface area contributed by atoms with Crippen LogP contribution in [0.3, 0.4) is 0 Å². The highest BCUT2D eigenvalue weighted by Gasteiger charge is 2.13. The van der Waals surface area contributed by atoms with Crippen LogP contribution in [0.2, 0.25) is 0 Å². The van der Waals surface area contributed by atoms with E-state index in [9.17, 15) is 5.11 Å². The highest BCUT2D eigenvalue weighted by Crippen LogP contribution is 2.19. The third kappa shape index (κ3) is 4.78. The summed E-state index contributed by atoms with van der Waals surface area (Å²) in [6, 6.07) is 6.23. The Hall–Kier alpha value is -0.380. The summed E-state index contributed by atoms with van der Waals surface area (Å²) in [6.07, 6.45) is 3.12. The Morgan fingerprint density at radius 2 is 2.06 bits per heavy atom. The first-order valence-corrected chi connectivity index (χ1v) is 7.02. The molecule has 0 aliphatic heterocycles. The van der Waals surface area contributed by atoms with Crippen molar-refractivity contribution in [3.63, 3.8) is 0 Å². The van der Waals surface area contributed by atoms with Gasteiger partial charge in [0.25, 0.3) is 0 Å². The molecule has 2 atom stereocenters. The molecule has 1 rings (SSSR count). The van der Waals surface area contributed by atoms with Gasteiger partial charge in [-0.1, -0.05) is 41.4 Å². The Morgan fingerprint density at radius 1 is 1.35 bits per heavy atom. The smallest absolute Gasteiger partial charge is 0.0694 e. The molecule has 0 radical (unpaired) electrons. The van der Waals surface area contributed by atoms with E-state index in [1.54, 1.807) is 0 Å². The molecule has 96 valence electrons. The van der Waals surface area contributed by atoms with E-state index in [1.165, 1.54) is 11.1 Å². The van der Waals surface area contributed by atoms with Gasteiger partial charge in [0.15, 0.2) is 0 Å². The Kier molecular flexibility index (Phi) is 6.17. The summed E-state index contributed by atoms with van der Waals surface area (Å²) in [7, 11) is 0. The molecule has 0 spiro atoms. The van der Waals surface area contributed by atoms with E-state index in [2.05, 4.69) is 48.0 Å². The van der Waals surface area contributed by atoms with Gasteiger partial charge in [-0.15, -0.1) is 0 Å². The highest BCUT2D eigenvalue weighted by molar-refractivity contribution is 9.10. The number of benzene rings is 1. The van der Waals surface area contributed by atoms with E-state index in [-0.39, 0.29) is 6.04 Å². The summed E-state index contributed by atoms with van der Waals surface area (Å²) >= 11 is 3.52. The summed E-state index contributed by atoms with van der Waals surface area (Å²) in [5, 5.41) is 9.90. The van der Waals surface area contributed by atoms with Crippen molar-refractivity contribution < 1.29 is 5.11 Å². The Bertz CT molecular complexity index is 354. The molecule has 0 bridgehead atoms. The largest absolute Gasteiger partial charge is 0.392 e. The van der Waals surface area contributed by atoms with Gasteiger partial charge >= 0.3 is 0 Å². The van der Waals surface area contributed by atoms with Crippen molar-refractivity contribution in [2.75, 3.05) is 0 Å². The molecule has 2 nitrogen and oxygen atoms in total. The molecular formula is C14H22BrNO. The van der Waals surface area contributed by atoms with Crippen LogP contribution < -0.4 is 5.73 Å². The van der Waals surface area contributed by atoms with Crippen LogP contribution in [0.5, 0.6) is 0 Å². The molecule has 0 aliphatic rings. The Labute approximate surface area is 112 Å². The Morgan fingerprint density at radius 3 is 2.65 bits per heavy atom. The van der Waals surface area contributed by atoms with Crippen LogP contribution in [0.25, 0.3) is 0 Å². The van der Waals surface area contributed by atoms with E-state index < -0.39 is 6.10 Å². The van der Waals surface area contributed by atoms with Crippen LogP contribution in [0, 0.1) is 6.92 Å². The van der Waals surface area contributed by atoms with Gasteiger partial charge in [-0.3, -0.25) is 0 Å². The molecule has 3 heteroatoms. The molecule has 0 aromatic heterocycles. The van der Waals surface area contributed by atoms with Gasteiger partial charge in [0, 0.05) is 10.5 Å². The summed E-state index contributed by atoms with van der Waals surface area (Å²) in [6.45, 7) is 4.16. The second-order valence-corrected chi connectivity index (χ2v) is 5.50. The molecule has 3 N–H and O–H groups in total. The molecule has 1 aromatic carbocycles. The lowest BCUT2D eigenvalue weighted by Gasteiger charge is -2.18. The summed E-state index contributed by atoms with van der Waals surface area (Å²) in [5.41, 5.74) is 8.36. The molecule has 0 heterocycles. The van der Waals surface area contributed by atoms with Crippen LogP contribution in [0.4, 0.5) is 0 Å². The number of aliphatic hydroxyl groups is 1. The number of halogens is 1. The van der Waals surface area contributed by atoms with E-state index in [0.717, 1.165) is 30.2 Å². The van der Waals surface area contributed by atoms with Crippen molar-refractivity contribution in [3.05, 3.63) is 33.8 Å². The van der Waals surface area contributed by atoms with Crippen LogP contribution in [0.1, 0.15) is 37.3 Å². The number of aryl methyl sites for hydroxylation is 2. The molecule has 1 aromatic rings. The Balaban J connectivity index is 2.47. The van der Waals surface area contributed by atoms with Crippen LogP contribution >= 0.6 is 15.9 Å². The zero-order chi connectivity index (χ0) is 12.8. The lowest BCUT2D eigenvalue weighted by Crippen LogP contribution is -2.34. The standard InChI is InChI=1S/C14H22BrNO/c1-3-4-13(16)14(17)8-7-11-6-5-10(2)12(15)9-11/h5-6,9,13-14,17H,3-4,7-8,16H2,1-2H3. The minimum Gasteiger partial charge on any atom is -0.392 e. The minimum atomic E-state index is -0.393. The van der Waals surface area contributed by atoms with Crippen LogP contribution in [-0.4, -0.2) is 17.3 Å². The second-order valence-electron chi connectivity index (χ2n) is 4.64. The van der Waals surface area contributed by atoms with Crippen molar-refractivity contribution in [1.29, 1.82) is 0 Å². The third-order valence-electron chi connectivity index (χ3n) is 3.08. The summed E-state index contributed by atoms with van der Waals surface area (Å²) in [4.78, 5) is 0. The number of hydrogen-bond donors (Lipinski definition) is 2. The highest BCUT2D eigenvalue weighted by atomic mass is 79.9. The number of aliphatic hydroxyl groups excluding tert-OH is 1. The molecule has 2 unspecified atom stereocenters. The third-order valence-corrected chi connectivity index (χ3v) is 3.94. The van der Waals surface area contributed by atoms with Gasteiger partial charge < -0.3 is 10.8 Å². The lowest BCUT2D eigenvalue weighted by atomic mass is 9.99. The number of nitrogens with two attached hydrogens (primary N) is 1. The number of hydrogen-bond acceptors (Lipinski definition) is 2. The molecule has 0 saturated carbocycles. The van der Waals surface area contributed by atoms with Gasteiger partial charge in [-0.25, -0.2) is 0 Å². The predicted molar refractivity (Wildman–Crippen MR) is 76.1 cm³/mol. The van der Waals surface area contributed by atoms with E-state index in [0.29, 0.717) is 0 Å². The quantitative estimate of drug-likeness (QED) is 0.847. The van der Waals surface area contributed by atoms with Gasteiger partial charge in [-0.05, 0) is 43.4 Å². The van der Waals surface area contributed by atoms with Crippen molar-refractivity contribution in [1.82, 2.24) is 0 Å². The van der Waals surface area contributed by atoms with E-state index in [4.69, 9.17) is 5.73 Å². The van der Waals surface area contributed by atoms with Crippen molar-refractivity contribution >= 4 is 15.9 Å². The first-order chi connectivity index (χ1) is 8.04. The fourth-order valence-corrected chi connectivity index (χ4v) is 2.27. The normalized spacial score (nSPS) is 14.6. The fraction of sp³-hybridized carbons (Fsp3) is 0.571. The van der Waals surface area contributed by atoms with Crippen molar-refractivity contribution in [2.45, 2.75) is 51.7 Å². The van der Waals surface area contributed by atoms with Crippen molar-refractivity contribution in [2.24, 2.45) is 5.73 Å². The average Bonchev–Trinajstić information content (AvgIpc) is 2.30. The van der Waals surface area contributed by atoms with Crippen LogP contribution in [0.15, 0.2) is 22.7 Å².